The number of hydrogen-bond acceptors (Lipinski definition) is 3. The summed E-state index contributed by atoms with van der Waals surface area (Å²) in [5.41, 5.74) is 4.29. The molecule has 0 N–H and O–H groups in total. The number of aryl methyl sites for hydroxylation is 1. The Labute approximate surface area is 257 Å². The van der Waals surface area contributed by atoms with Crippen molar-refractivity contribution in [2.24, 2.45) is 11.0 Å². The van der Waals surface area contributed by atoms with Crippen LogP contribution in [0.4, 0.5) is 5.69 Å². The molecule has 236 valence electrons. The van der Waals surface area contributed by atoms with Gasteiger partial charge in [0.1, 0.15) is 0 Å². The van der Waals surface area contributed by atoms with Gasteiger partial charge >= 0.3 is 0 Å². The van der Waals surface area contributed by atoms with Crippen LogP contribution in [0.5, 0.6) is 0 Å². The van der Waals surface area contributed by atoms with Crippen molar-refractivity contribution in [3.8, 4) is 0 Å². The highest BCUT2D eigenvalue weighted by atomic mass is 16.2. The number of hydrogen-bond donors (Lipinski definition) is 0. The Kier molecular flexibility index (Phi) is 16.3. The zero-order valence-corrected chi connectivity index (χ0v) is 27.4. The van der Waals surface area contributed by atoms with Crippen molar-refractivity contribution in [1.29, 1.82) is 0 Å². The summed E-state index contributed by atoms with van der Waals surface area (Å²) in [7, 11) is 1.85. The Morgan fingerprint density at radius 1 is 0.690 bits per heavy atom. The monoisotopic (exact) mass is 579 g/mol. The summed E-state index contributed by atoms with van der Waals surface area (Å²) in [6.07, 6.45) is 29.3. The summed E-state index contributed by atoms with van der Waals surface area (Å²) in [4.78, 5) is 26.5. The molecule has 1 aromatic rings. The number of unbranched alkanes of at least 4 members (excludes halogenated alkanes) is 19. The van der Waals surface area contributed by atoms with Gasteiger partial charge in [0.05, 0.1) is 5.71 Å². The quantitative estimate of drug-likeness (QED) is 0.128. The lowest BCUT2D eigenvalue weighted by Crippen LogP contribution is -2.37. The molecule has 2 heterocycles. The number of rotatable bonds is 22. The first-order chi connectivity index (χ1) is 20.5. The number of anilines is 1. The van der Waals surface area contributed by atoms with Crippen LogP contribution in [-0.2, 0) is 16.0 Å². The van der Waals surface area contributed by atoms with Gasteiger partial charge in [0, 0.05) is 38.0 Å². The van der Waals surface area contributed by atoms with Gasteiger partial charge in [-0.3, -0.25) is 9.59 Å². The number of carbonyl (C=O) groups is 2. The number of carbonyl (C=O) groups excluding carboxylic acids is 2. The molecule has 0 bridgehead atoms. The number of nitrogens with zero attached hydrogens (tertiary/aromatic N) is 3. The van der Waals surface area contributed by atoms with Crippen LogP contribution >= 0.6 is 0 Å². The fraction of sp³-hybridized carbons (Fsp3) is 0.757. The largest absolute Gasteiger partial charge is 0.315 e. The van der Waals surface area contributed by atoms with Crippen molar-refractivity contribution >= 4 is 23.2 Å². The van der Waals surface area contributed by atoms with Gasteiger partial charge in [0.25, 0.3) is 0 Å². The third-order valence-electron chi connectivity index (χ3n) is 9.41. The van der Waals surface area contributed by atoms with E-state index >= 15 is 0 Å². The lowest BCUT2D eigenvalue weighted by Gasteiger charge is -2.29. The van der Waals surface area contributed by atoms with E-state index in [1.807, 2.05) is 13.1 Å². The third-order valence-corrected chi connectivity index (χ3v) is 9.41. The van der Waals surface area contributed by atoms with Crippen LogP contribution in [-0.4, -0.2) is 36.1 Å². The highest BCUT2D eigenvalue weighted by Crippen LogP contribution is 2.30. The average Bonchev–Trinajstić information content (AvgIpc) is 2.99. The SMILES string of the molecule is CCCCCCCCCCCCCCCCCCCCCCN1N=C(c2ccc3c(c2)CCC(=O)N3C)C(C)CC1=O. The van der Waals surface area contributed by atoms with Crippen LogP contribution in [0, 0.1) is 5.92 Å². The smallest absolute Gasteiger partial charge is 0.243 e. The molecule has 0 saturated carbocycles. The van der Waals surface area contributed by atoms with Crippen molar-refractivity contribution in [3.05, 3.63) is 29.3 Å². The fourth-order valence-electron chi connectivity index (χ4n) is 6.60. The molecule has 2 aliphatic rings. The molecule has 3 rings (SSSR count). The van der Waals surface area contributed by atoms with E-state index in [1.54, 1.807) is 9.91 Å². The Morgan fingerprint density at radius 2 is 1.19 bits per heavy atom. The van der Waals surface area contributed by atoms with Gasteiger partial charge in [-0.25, -0.2) is 5.01 Å². The summed E-state index contributed by atoms with van der Waals surface area (Å²) in [5.74, 6) is 0.433. The number of hydrazone groups is 1. The lowest BCUT2D eigenvalue weighted by atomic mass is 9.90. The van der Waals surface area contributed by atoms with Gasteiger partial charge in [0.15, 0.2) is 0 Å². The van der Waals surface area contributed by atoms with E-state index in [4.69, 9.17) is 5.10 Å². The minimum Gasteiger partial charge on any atom is -0.315 e. The molecule has 1 aromatic carbocycles. The molecule has 0 spiro atoms. The van der Waals surface area contributed by atoms with E-state index in [9.17, 15) is 9.59 Å². The first kappa shape index (κ1) is 34.3. The van der Waals surface area contributed by atoms with E-state index in [1.165, 1.54) is 128 Å². The molecular weight excluding hydrogens is 518 g/mol. The zero-order valence-electron chi connectivity index (χ0n) is 27.4. The topological polar surface area (TPSA) is 53.0 Å². The summed E-state index contributed by atoms with van der Waals surface area (Å²) in [6, 6.07) is 6.28. The first-order valence-electron chi connectivity index (χ1n) is 17.8. The fourth-order valence-corrected chi connectivity index (χ4v) is 6.60. The molecule has 5 nitrogen and oxygen atoms in total. The highest BCUT2D eigenvalue weighted by molar-refractivity contribution is 6.06. The van der Waals surface area contributed by atoms with Crippen molar-refractivity contribution in [1.82, 2.24) is 5.01 Å². The lowest BCUT2D eigenvalue weighted by molar-refractivity contribution is -0.132. The van der Waals surface area contributed by atoms with E-state index in [-0.39, 0.29) is 17.7 Å². The number of fused-ring (bicyclic) bond motifs is 1. The van der Waals surface area contributed by atoms with Crippen molar-refractivity contribution < 1.29 is 9.59 Å². The molecule has 5 heteroatoms. The Morgan fingerprint density at radius 3 is 1.71 bits per heavy atom. The predicted octanol–water partition coefficient (Wildman–Crippen LogP) is 9.99. The summed E-state index contributed by atoms with van der Waals surface area (Å²) >= 11 is 0. The molecule has 42 heavy (non-hydrogen) atoms. The normalized spacial score (nSPS) is 17.1. The maximum Gasteiger partial charge on any atom is 0.243 e. The molecule has 0 aromatic heterocycles. The molecular formula is C37H61N3O2. The second kappa shape index (κ2) is 19.9. The van der Waals surface area contributed by atoms with Crippen molar-refractivity contribution in [2.45, 2.75) is 162 Å². The second-order valence-electron chi connectivity index (χ2n) is 13.1. The van der Waals surface area contributed by atoms with Crippen LogP contribution < -0.4 is 4.90 Å². The molecule has 0 saturated heterocycles. The van der Waals surface area contributed by atoms with E-state index in [0.29, 0.717) is 12.8 Å². The number of benzene rings is 1. The zero-order chi connectivity index (χ0) is 30.0. The maximum atomic E-state index is 12.7. The summed E-state index contributed by atoms with van der Waals surface area (Å²) < 4.78 is 0. The number of amides is 2. The summed E-state index contributed by atoms with van der Waals surface area (Å²) in [6.45, 7) is 5.11. The van der Waals surface area contributed by atoms with Gasteiger partial charge in [-0.15, -0.1) is 0 Å². The van der Waals surface area contributed by atoms with Gasteiger partial charge in [0.2, 0.25) is 11.8 Å². The van der Waals surface area contributed by atoms with Crippen molar-refractivity contribution in [2.75, 3.05) is 18.5 Å². The Balaban J connectivity index is 1.20. The first-order valence-corrected chi connectivity index (χ1v) is 17.8. The van der Waals surface area contributed by atoms with Gasteiger partial charge in [-0.05, 0) is 36.1 Å². The molecule has 0 fully saturated rings. The van der Waals surface area contributed by atoms with Gasteiger partial charge < -0.3 is 4.90 Å². The minimum atomic E-state index is 0.115. The molecule has 1 atom stereocenters. The molecule has 2 amide bonds. The molecule has 1 unspecified atom stereocenters. The van der Waals surface area contributed by atoms with Crippen molar-refractivity contribution in [3.63, 3.8) is 0 Å². The molecule has 0 aliphatic carbocycles. The van der Waals surface area contributed by atoms with E-state index < -0.39 is 0 Å². The predicted molar refractivity (Wildman–Crippen MR) is 178 cm³/mol. The summed E-state index contributed by atoms with van der Waals surface area (Å²) in [5, 5.41) is 6.56. The Hall–Kier alpha value is -2.17. The minimum absolute atomic E-state index is 0.115. The van der Waals surface area contributed by atoms with Crippen LogP contribution in [0.2, 0.25) is 0 Å². The van der Waals surface area contributed by atoms with E-state index in [0.717, 1.165) is 36.3 Å². The van der Waals surface area contributed by atoms with Crippen LogP contribution in [0.25, 0.3) is 0 Å². The molecule has 0 radical (unpaired) electrons. The van der Waals surface area contributed by atoms with Gasteiger partial charge in [-0.1, -0.05) is 142 Å². The molecule has 2 aliphatic heterocycles. The third kappa shape index (κ3) is 11.8. The van der Waals surface area contributed by atoms with Gasteiger partial charge in [-0.2, -0.15) is 5.10 Å². The van der Waals surface area contributed by atoms with Crippen LogP contribution in [0.1, 0.15) is 166 Å². The van der Waals surface area contributed by atoms with E-state index in [2.05, 4.69) is 26.0 Å². The Bertz CT molecular complexity index is 972. The average molecular weight is 580 g/mol. The van der Waals surface area contributed by atoms with Crippen LogP contribution in [0.15, 0.2) is 23.3 Å². The highest BCUT2D eigenvalue weighted by Gasteiger charge is 2.28. The standard InChI is InChI=1S/C37H61N3O2/c1-4-5-6-7-8-9-10-11-12-13-14-15-16-17-18-19-20-21-22-23-28-40-36(42)29-31(2)37(38-40)33-24-26-34-32(30-33)25-27-35(41)39(34)3/h24,26,30-31H,4-23,25,27-29H2,1-3H3. The maximum absolute atomic E-state index is 12.7. The van der Waals surface area contributed by atoms with Crippen LogP contribution in [0.3, 0.4) is 0 Å². The second-order valence-corrected chi connectivity index (χ2v) is 13.1.